The summed E-state index contributed by atoms with van der Waals surface area (Å²) in [6.45, 7) is 0.351. The molecular weight excluding hydrogens is 262 g/mol. The number of benzene rings is 1. The summed E-state index contributed by atoms with van der Waals surface area (Å²) >= 11 is 15.6. The summed E-state index contributed by atoms with van der Waals surface area (Å²) in [5, 5.41) is -0.553. The monoisotopic (exact) mass is 268 g/mol. The Balaban J connectivity index is 3.02. The van der Waals surface area contributed by atoms with Crippen LogP contribution in [0.25, 0.3) is 0 Å². The average molecular weight is 270 g/mol. The van der Waals surface area contributed by atoms with Gasteiger partial charge in [-0.05, 0) is 34.9 Å². The molecule has 0 amide bonds. The first-order chi connectivity index (χ1) is 7.17. The van der Waals surface area contributed by atoms with E-state index in [1.54, 1.807) is 18.2 Å². The zero-order valence-electron chi connectivity index (χ0n) is 7.50. The number of hydrogen-bond donors (Lipinski definition) is 0. The molecule has 0 aromatic heterocycles. The van der Waals surface area contributed by atoms with E-state index in [4.69, 9.17) is 35.3 Å². The van der Waals surface area contributed by atoms with Crippen molar-refractivity contribution in [1.82, 2.24) is 0 Å². The van der Waals surface area contributed by atoms with Crippen molar-refractivity contribution >= 4 is 40.6 Å². The first-order valence-corrected chi connectivity index (χ1v) is 4.96. The fraction of sp³-hybridized carbons (Fsp3) is 0.222. The van der Waals surface area contributed by atoms with Crippen molar-refractivity contribution < 1.29 is 13.4 Å². The summed E-state index contributed by atoms with van der Waals surface area (Å²) in [7, 11) is 0. The van der Waals surface area contributed by atoms with E-state index in [9.17, 15) is 4.79 Å². The molecule has 0 saturated heterocycles. The van der Waals surface area contributed by atoms with E-state index in [1.807, 2.05) is 0 Å². The molecule has 0 N–H and O–H groups in total. The molecular formula is C9H7Cl3O3. The van der Waals surface area contributed by atoms with Gasteiger partial charge in [0.1, 0.15) is 0 Å². The minimum atomic E-state index is -0.553. The third kappa shape index (κ3) is 3.97. The highest BCUT2D eigenvalue weighted by Gasteiger charge is 2.06. The molecule has 1 rings (SSSR count). The Bertz CT molecular complexity index is 330. The summed E-state index contributed by atoms with van der Waals surface area (Å²) in [4.78, 5) is 11.0. The lowest BCUT2D eigenvalue weighted by molar-refractivity contribution is 0.108. The Kier molecular flexibility index (Phi) is 5.36. The van der Waals surface area contributed by atoms with Gasteiger partial charge in [0.05, 0.1) is 36.9 Å². The predicted molar refractivity (Wildman–Crippen MR) is 57.9 cm³/mol. The lowest BCUT2D eigenvalue weighted by Crippen LogP contribution is -1.96. The maximum atomic E-state index is 11.0. The first-order valence-electron chi connectivity index (χ1n) is 3.97. The molecule has 0 fully saturated rings. The van der Waals surface area contributed by atoms with Crippen molar-refractivity contribution in [3.8, 4) is 0 Å². The van der Waals surface area contributed by atoms with Crippen LogP contribution in [0.5, 0.6) is 0 Å². The molecule has 0 aliphatic rings. The summed E-state index contributed by atoms with van der Waals surface area (Å²) in [5.41, 5.74) is 1.80. The van der Waals surface area contributed by atoms with Crippen LogP contribution in [0.4, 0.5) is 0 Å². The minimum Gasteiger partial charge on any atom is -0.276 e. The fourth-order valence-electron chi connectivity index (χ4n) is 1.17. The van der Waals surface area contributed by atoms with Gasteiger partial charge in [0, 0.05) is 5.56 Å². The van der Waals surface area contributed by atoms with Gasteiger partial charge in [0.25, 0.3) is 5.24 Å². The molecule has 6 heteroatoms. The van der Waals surface area contributed by atoms with Crippen molar-refractivity contribution in [3.63, 3.8) is 0 Å². The van der Waals surface area contributed by atoms with Gasteiger partial charge in [-0.15, -0.1) is 0 Å². The molecule has 0 radical (unpaired) electrons. The van der Waals surface area contributed by atoms with Gasteiger partial charge in [0.15, 0.2) is 0 Å². The highest BCUT2D eigenvalue weighted by Crippen LogP contribution is 2.15. The van der Waals surface area contributed by atoms with Crippen molar-refractivity contribution in [2.75, 3.05) is 0 Å². The van der Waals surface area contributed by atoms with Crippen molar-refractivity contribution in [3.05, 3.63) is 34.9 Å². The van der Waals surface area contributed by atoms with Crippen LogP contribution in [-0.4, -0.2) is 5.24 Å². The second-order valence-electron chi connectivity index (χ2n) is 2.82. The third-order valence-corrected chi connectivity index (χ3v) is 2.16. The van der Waals surface area contributed by atoms with Crippen molar-refractivity contribution in [2.24, 2.45) is 0 Å². The van der Waals surface area contributed by atoms with Crippen LogP contribution < -0.4 is 0 Å². The Morgan fingerprint density at radius 2 is 1.53 bits per heavy atom. The summed E-state index contributed by atoms with van der Waals surface area (Å²) in [5.74, 6) is 0. The minimum absolute atomic E-state index is 0.175. The summed E-state index contributed by atoms with van der Waals surface area (Å²) in [6.07, 6.45) is 0. The summed E-state index contributed by atoms with van der Waals surface area (Å²) < 4.78 is 8.88. The molecule has 1 aromatic carbocycles. The fourth-order valence-corrected chi connectivity index (χ4v) is 1.53. The second-order valence-corrected chi connectivity index (χ2v) is 3.60. The van der Waals surface area contributed by atoms with Crippen molar-refractivity contribution in [2.45, 2.75) is 13.2 Å². The van der Waals surface area contributed by atoms with Gasteiger partial charge in [-0.3, -0.25) is 13.4 Å². The molecule has 3 nitrogen and oxygen atoms in total. The SMILES string of the molecule is O=C(Cl)c1cc(COCl)cc(COCl)c1. The van der Waals surface area contributed by atoms with E-state index in [2.05, 4.69) is 8.58 Å². The molecule has 0 aliphatic carbocycles. The van der Waals surface area contributed by atoms with E-state index in [0.29, 0.717) is 5.56 Å². The largest absolute Gasteiger partial charge is 0.276 e. The van der Waals surface area contributed by atoms with Gasteiger partial charge >= 0.3 is 0 Å². The lowest BCUT2D eigenvalue weighted by Gasteiger charge is -2.04. The first kappa shape index (κ1) is 12.7. The topological polar surface area (TPSA) is 35.5 Å². The van der Waals surface area contributed by atoms with Crippen LogP contribution in [0.1, 0.15) is 21.5 Å². The van der Waals surface area contributed by atoms with E-state index in [0.717, 1.165) is 11.1 Å². The number of rotatable bonds is 5. The Labute approximate surface area is 102 Å². The standard InChI is InChI=1S/C9H7Cl3O3/c10-9(13)8-2-6(4-14-11)1-7(3-8)5-15-12/h1-3H,4-5H2. The van der Waals surface area contributed by atoms with Crippen LogP contribution in [0.3, 0.4) is 0 Å². The molecule has 0 unspecified atom stereocenters. The molecule has 0 bridgehead atoms. The number of hydrogen-bond acceptors (Lipinski definition) is 3. The molecule has 0 spiro atoms. The zero-order chi connectivity index (χ0) is 11.3. The van der Waals surface area contributed by atoms with E-state index in [1.165, 1.54) is 0 Å². The molecule has 0 aliphatic heterocycles. The van der Waals surface area contributed by atoms with Crippen LogP contribution in [0.2, 0.25) is 0 Å². The van der Waals surface area contributed by atoms with Crippen LogP contribution >= 0.6 is 35.3 Å². The number of carbonyl (C=O) groups excluding carboxylic acids is 1. The third-order valence-electron chi connectivity index (χ3n) is 1.72. The maximum absolute atomic E-state index is 11.0. The molecule has 0 saturated carbocycles. The molecule has 15 heavy (non-hydrogen) atoms. The number of carbonyl (C=O) groups is 1. The predicted octanol–water partition coefficient (Wildman–Crippen LogP) is 3.41. The zero-order valence-corrected chi connectivity index (χ0v) is 9.77. The van der Waals surface area contributed by atoms with Crippen LogP contribution in [0.15, 0.2) is 18.2 Å². The molecule has 0 atom stereocenters. The number of halogens is 3. The average Bonchev–Trinajstić information content (AvgIpc) is 2.18. The van der Waals surface area contributed by atoms with Gasteiger partial charge < -0.3 is 0 Å². The maximum Gasteiger partial charge on any atom is 0.252 e. The normalized spacial score (nSPS) is 10.3. The summed E-state index contributed by atoms with van der Waals surface area (Å²) in [6, 6.07) is 4.94. The second kappa shape index (κ2) is 6.30. The lowest BCUT2D eigenvalue weighted by atomic mass is 10.1. The van der Waals surface area contributed by atoms with E-state index < -0.39 is 5.24 Å². The highest BCUT2D eigenvalue weighted by molar-refractivity contribution is 6.67. The van der Waals surface area contributed by atoms with Crippen LogP contribution in [-0.2, 0) is 21.8 Å². The Hall–Kier alpha value is -0.320. The van der Waals surface area contributed by atoms with Gasteiger partial charge in [-0.1, -0.05) is 6.07 Å². The van der Waals surface area contributed by atoms with E-state index >= 15 is 0 Å². The molecule has 1 aromatic rings. The van der Waals surface area contributed by atoms with Crippen molar-refractivity contribution in [1.29, 1.82) is 0 Å². The Morgan fingerprint density at radius 3 is 1.87 bits per heavy atom. The Morgan fingerprint density at radius 1 is 1.07 bits per heavy atom. The molecule has 82 valence electrons. The highest BCUT2D eigenvalue weighted by atomic mass is 35.5. The smallest absolute Gasteiger partial charge is 0.252 e. The van der Waals surface area contributed by atoms with E-state index in [-0.39, 0.29) is 13.2 Å². The quantitative estimate of drug-likeness (QED) is 0.769. The van der Waals surface area contributed by atoms with Gasteiger partial charge in [-0.2, -0.15) is 0 Å². The molecule has 0 heterocycles. The van der Waals surface area contributed by atoms with Gasteiger partial charge in [-0.25, -0.2) is 0 Å². The van der Waals surface area contributed by atoms with Gasteiger partial charge in [0.2, 0.25) is 0 Å². The van der Waals surface area contributed by atoms with Crippen LogP contribution in [0, 0.1) is 0 Å².